The maximum atomic E-state index is 12.4. The maximum Gasteiger partial charge on any atom is 0.403 e. The highest BCUT2D eigenvalue weighted by atomic mass is 19.4. The average Bonchev–Trinajstić information content (AvgIpc) is 2.82. The number of piperidine rings is 1. The Balaban J connectivity index is 1.75. The molecule has 2 aliphatic rings. The molecule has 0 aliphatic carbocycles. The summed E-state index contributed by atoms with van der Waals surface area (Å²) < 4.78 is 37.3. The van der Waals surface area contributed by atoms with Crippen LogP contribution in [0.25, 0.3) is 0 Å². The molecule has 4 nitrogen and oxygen atoms in total. The first kappa shape index (κ1) is 13.5. The van der Waals surface area contributed by atoms with E-state index in [1.807, 2.05) is 0 Å². The van der Waals surface area contributed by atoms with Crippen molar-refractivity contribution in [3.8, 4) is 0 Å². The van der Waals surface area contributed by atoms with Gasteiger partial charge in [0.25, 0.3) is 0 Å². The predicted molar refractivity (Wildman–Crippen MR) is 60.2 cm³/mol. The molecular formula is C11H18F3N3O. The lowest BCUT2D eigenvalue weighted by Gasteiger charge is -2.32. The van der Waals surface area contributed by atoms with E-state index < -0.39 is 12.2 Å². The van der Waals surface area contributed by atoms with E-state index >= 15 is 0 Å². The van der Waals surface area contributed by atoms with Crippen LogP contribution in [-0.4, -0.2) is 48.8 Å². The molecule has 2 fully saturated rings. The first-order valence-corrected chi connectivity index (χ1v) is 6.32. The quantitative estimate of drug-likeness (QED) is 0.754. The summed E-state index contributed by atoms with van der Waals surface area (Å²) in [5.41, 5.74) is 0. The number of amides is 2. The summed E-state index contributed by atoms with van der Waals surface area (Å²) in [6.45, 7) is 1.68. The summed E-state index contributed by atoms with van der Waals surface area (Å²) in [5.74, 6) is 0. The standard InChI is InChI=1S/C11H18F3N3O/c12-11(13,14)9-4-3-8(7-15-9)16-10(18)17-5-1-2-6-17/h8-9,15H,1-7H2,(H,16,18). The van der Waals surface area contributed by atoms with Gasteiger partial charge in [0.05, 0.1) is 0 Å². The third-order valence-electron chi connectivity index (χ3n) is 3.53. The van der Waals surface area contributed by atoms with Gasteiger partial charge in [-0.1, -0.05) is 0 Å². The number of hydrogen-bond donors (Lipinski definition) is 2. The second-order valence-electron chi connectivity index (χ2n) is 4.92. The van der Waals surface area contributed by atoms with Gasteiger partial charge in [0.1, 0.15) is 6.04 Å². The second kappa shape index (κ2) is 5.34. The topological polar surface area (TPSA) is 44.4 Å². The van der Waals surface area contributed by atoms with E-state index in [4.69, 9.17) is 0 Å². The number of alkyl halides is 3. The second-order valence-corrected chi connectivity index (χ2v) is 4.92. The van der Waals surface area contributed by atoms with Gasteiger partial charge in [-0.15, -0.1) is 0 Å². The minimum absolute atomic E-state index is 0.0223. The van der Waals surface area contributed by atoms with Crippen LogP contribution in [-0.2, 0) is 0 Å². The number of hydrogen-bond acceptors (Lipinski definition) is 2. The van der Waals surface area contributed by atoms with Crippen molar-refractivity contribution in [2.24, 2.45) is 0 Å². The van der Waals surface area contributed by atoms with Crippen molar-refractivity contribution < 1.29 is 18.0 Å². The molecule has 0 aromatic rings. The molecule has 104 valence electrons. The van der Waals surface area contributed by atoms with Crippen LogP contribution in [0, 0.1) is 0 Å². The van der Waals surface area contributed by atoms with Crippen molar-refractivity contribution in [3.05, 3.63) is 0 Å². The summed E-state index contributed by atoms with van der Waals surface area (Å²) in [6, 6.07) is -1.78. The zero-order valence-electron chi connectivity index (χ0n) is 10.1. The van der Waals surface area contributed by atoms with E-state index in [9.17, 15) is 18.0 Å². The Morgan fingerprint density at radius 1 is 1.22 bits per heavy atom. The smallest absolute Gasteiger partial charge is 0.334 e. The van der Waals surface area contributed by atoms with Gasteiger partial charge < -0.3 is 15.5 Å². The van der Waals surface area contributed by atoms with Crippen LogP contribution in [0.2, 0.25) is 0 Å². The van der Waals surface area contributed by atoms with Crippen LogP contribution in [0.15, 0.2) is 0 Å². The summed E-state index contributed by atoms with van der Waals surface area (Å²) in [4.78, 5) is 13.5. The van der Waals surface area contributed by atoms with Gasteiger partial charge in [-0.25, -0.2) is 4.79 Å². The summed E-state index contributed by atoms with van der Waals surface area (Å²) in [6.07, 6.45) is -1.78. The van der Waals surface area contributed by atoms with E-state index in [2.05, 4.69) is 10.6 Å². The van der Waals surface area contributed by atoms with E-state index in [0.717, 1.165) is 25.9 Å². The van der Waals surface area contributed by atoms with Gasteiger partial charge >= 0.3 is 12.2 Å². The number of urea groups is 1. The summed E-state index contributed by atoms with van der Waals surface area (Å²) >= 11 is 0. The minimum atomic E-state index is -4.19. The van der Waals surface area contributed by atoms with Gasteiger partial charge in [0, 0.05) is 25.7 Å². The molecule has 2 amide bonds. The van der Waals surface area contributed by atoms with Crippen LogP contribution in [0.5, 0.6) is 0 Å². The van der Waals surface area contributed by atoms with Crippen molar-refractivity contribution in [2.45, 2.75) is 43.9 Å². The molecule has 0 bridgehead atoms. The van der Waals surface area contributed by atoms with Crippen LogP contribution >= 0.6 is 0 Å². The van der Waals surface area contributed by atoms with Crippen LogP contribution in [0.1, 0.15) is 25.7 Å². The SMILES string of the molecule is O=C(NC1CCC(C(F)(F)F)NC1)N1CCCC1. The number of likely N-dealkylation sites (tertiary alicyclic amines) is 1. The molecule has 18 heavy (non-hydrogen) atoms. The third kappa shape index (κ3) is 3.28. The van der Waals surface area contributed by atoms with E-state index in [1.165, 1.54) is 0 Å². The van der Waals surface area contributed by atoms with Crippen molar-refractivity contribution in [3.63, 3.8) is 0 Å². The van der Waals surface area contributed by atoms with E-state index in [0.29, 0.717) is 6.42 Å². The third-order valence-corrected chi connectivity index (χ3v) is 3.53. The van der Waals surface area contributed by atoms with Crippen molar-refractivity contribution in [1.82, 2.24) is 15.5 Å². The Hall–Kier alpha value is -0.980. The lowest BCUT2D eigenvalue weighted by Crippen LogP contribution is -2.55. The molecule has 2 unspecified atom stereocenters. The molecule has 7 heteroatoms. The Labute approximate surface area is 104 Å². The highest BCUT2D eigenvalue weighted by molar-refractivity contribution is 5.74. The van der Waals surface area contributed by atoms with Gasteiger partial charge in [-0.2, -0.15) is 13.2 Å². The number of carbonyl (C=O) groups is 1. The molecule has 0 aromatic carbocycles. The zero-order chi connectivity index (χ0) is 13.2. The Bertz CT molecular complexity index is 294. The molecule has 2 aliphatic heterocycles. The fourth-order valence-electron chi connectivity index (χ4n) is 2.45. The Morgan fingerprint density at radius 3 is 2.39 bits per heavy atom. The lowest BCUT2D eigenvalue weighted by atomic mass is 10.0. The van der Waals surface area contributed by atoms with Crippen molar-refractivity contribution in [2.75, 3.05) is 19.6 Å². The van der Waals surface area contributed by atoms with Gasteiger partial charge in [-0.3, -0.25) is 0 Å². The van der Waals surface area contributed by atoms with Crippen molar-refractivity contribution >= 4 is 6.03 Å². The van der Waals surface area contributed by atoms with Crippen LogP contribution < -0.4 is 10.6 Å². The first-order valence-electron chi connectivity index (χ1n) is 6.32. The number of halogens is 3. The Morgan fingerprint density at radius 2 is 1.89 bits per heavy atom. The van der Waals surface area contributed by atoms with E-state index in [-0.39, 0.29) is 25.0 Å². The average molecular weight is 265 g/mol. The Kier molecular flexibility index (Phi) is 3.99. The molecule has 2 rings (SSSR count). The highest BCUT2D eigenvalue weighted by Gasteiger charge is 2.41. The number of nitrogens with zero attached hydrogens (tertiary/aromatic N) is 1. The van der Waals surface area contributed by atoms with Gasteiger partial charge in [0.15, 0.2) is 0 Å². The molecular weight excluding hydrogens is 247 g/mol. The molecule has 0 radical (unpaired) electrons. The van der Waals surface area contributed by atoms with Crippen LogP contribution in [0.3, 0.4) is 0 Å². The number of nitrogens with one attached hydrogen (secondary N) is 2. The molecule has 0 saturated carbocycles. The number of carbonyl (C=O) groups excluding carboxylic acids is 1. The number of rotatable bonds is 1. The molecule has 2 saturated heterocycles. The molecule has 0 spiro atoms. The minimum Gasteiger partial charge on any atom is -0.334 e. The van der Waals surface area contributed by atoms with Crippen LogP contribution in [0.4, 0.5) is 18.0 Å². The fourth-order valence-corrected chi connectivity index (χ4v) is 2.45. The molecule has 0 aromatic heterocycles. The summed E-state index contributed by atoms with van der Waals surface area (Å²) in [7, 11) is 0. The van der Waals surface area contributed by atoms with E-state index in [1.54, 1.807) is 4.90 Å². The van der Waals surface area contributed by atoms with Gasteiger partial charge in [0.2, 0.25) is 0 Å². The van der Waals surface area contributed by atoms with Gasteiger partial charge in [-0.05, 0) is 25.7 Å². The monoisotopic (exact) mass is 265 g/mol. The first-order chi connectivity index (χ1) is 8.47. The zero-order valence-corrected chi connectivity index (χ0v) is 10.1. The summed E-state index contributed by atoms with van der Waals surface area (Å²) in [5, 5.41) is 5.24. The molecule has 2 N–H and O–H groups in total. The molecule has 2 atom stereocenters. The highest BCUT2D eigenvalue weighted by Crippen LogP contribution is 2.26. The largest absolute Gasteiger partial charge is 0.403 e. The maximum absolute atomic E-state index is 12.4. The lowest BCUT2D eigenvalue weighted by molar-refractivity contribution is -0.160. The normalized spacial score (nSPS) is 29.4. The predicted octanol–water partition coefficient (Wildman–Crippen LogP) is 1.47. The fraction of sp³-hybridized carbons (Fsp3) is 0.909. The molecule has 2 heterocycles. The van der Waals surface area contributed by atoms with Crippen molar-refractivity contribution in [1.29, 1.82) is 0 Å².